The van der Waals surface area contributed by atoms with Crippen molar-refractivity contribution in [3.05, 3.63) is 65.2 Å². The first-order chi connectivity index (χ1) is 20.7. The van der Waals surface area contributed by atoms with E-state index in [4.69, 9.17) is 23.7 Å². The summed E-state index contributed by atoms with van der Waals surface area (Å²) in [5.41, 5.74) is 4.09. The lowest BCUT2D eigenvalue weighted by molar-refractivity contribution is -0.130. The average molecular weight is 605 g/mol. The van der Waals surface area contributed by atoms with Crippen molar-refractivity contribution in [2.75, 3.05) is 40.4 Å². The second-order valence-electron chi connectivity index (χ2n) is 9.78. The van der Waals surface area contributed by atoms with Gasteiger partial charge in [-0.1, -0.05) is 23.5 Å². The maximum Gasteiger partial charge on any atom is 0.264 e. The summed E-state index contributed by atoms with van der Waals surface area (Å²) in [5, 5.41) is 9.38. The Kier molecular flexibility index (Phi) is 8.67. The Balaban J connectivity index is 1.35. The first kappa shape index (κ1) is 29.6. The first-order valence-electron chi connectivity index (χ1n) is 13.4. The van der Waals surface area contributed by atoms with Crippen molar-refractivity contribution in [2.45, 2.75) is 26.3 Å². The number of hydrogen-bond donors (Lipinski definition) is 1. The first-order valence-corrected chi connectivity index (χ1v) is 14.2. The van der Waals surface area contributed by atoms with Gasteiger partial charge in [0, 0.05) is 18.9 Å². The molecule has 1 N–H and O–H groups in total. The number of amides is 2. The molecule has 1 aliphatic heterocycles. The predicted octanol–water partition coefficient (Wildman–Crippen LogP) is 5.35. The quantitative estimate of drug-likeness (QED) is 0.257. The van der Waals surface area contributed by atoms with Crippen molar-refractivity contribution in [3.63, 3.8) is 0 Å². The van der Waals surface area contributed by atoms with Crippen molar-refractivity contribution in [1.29, 1.82) is 0 Å². The zero-order chi connectivity index (χ0) is 30.7. The van der Waals surface area contributed by atoms with E-state index in [1.165, 1.54) is 37.5 Å². The summed E-state index contributed by atoms with van der Waals surface area (Å²) in [4.78, 5) is 29.9. The van der Waals surface area contributed by atoms with Crippen LogP contribution in [-0.2, 0) is 9.59 Å². The van der Waals surface area contributed by atoms with Crippen molar-refractivity contribution < 1.29 is 33.3 Å². The molecule has 1 atom stereocenters. The number of anilines is 1. The monoisotopic (exact) mass is 604 g/mol. The molecule has 0 radical (unpaired) electrons. The van der Waals surface area contributed by atoms with Gasteiger partial charge in [-0.05, 0) is 54.4 Å². The Morgan fingerprint density at radius 2 is 1.65 bits per heavy atom. The molecule has 1 aliphatic rings. The summed E-state index contributed by atoms with van der Waals surface area (Å²) in [6, 6.07) is 14.5. The molecule has 0 aliphatic carbocycles. The van der Waals surface area contributed by atoms with E-state index in [1.807, 2.05) is 31.2 Å². The Morgan fingerprint density at radius 3 is 2.30 bits per heavy atom. The molecule has 0 saturated carbocycles. The maximum atomic E-state index is 12.8. The molecular weight excluding hydrogens is 572 g/mol. The van der Waals surface area contributed by atoms with Gasteiger partial charge in [0.2, 0.25) is 11.7 Å². The number of hydrazone groups is 1. The molecule has 11 nitrogen and oxygen atoms in total. The third-order valence-electron chi connectivity index (χ3n) is 6.95. The van der Waals surface area contributed by atoms with E-state index in [9.17, 15) is 9.59 Å². The molecule has 43 heavy (non-hydrogen) atoms. The van der Waals surface area contributed by atoms with Gasteiger partial charge in [0.25, 0.3) is 5.91 Å². The molecule has 5 rings (SSSR count). The molecule has 0 bridgehead atoms. The van der Waals surface area contributed by atoms with E-state index in [0.717, 1.165) is 26.9 Å². The minimum Gasteiger partial charge on any atom is -0.493 e. The van der Waals surface area contributed by atoms with Crippen molar-refractivity contribution in [2.24, 2.45) is 5.10 Å². The number of methoxy groups -OCH3 is 4. The molecule has 224 valence electrons. The molecule has 1 aromatic heterocycles. The fraction of sp³-hybridized carbons (Fsp3) is 0.290. The number of nitrogens with one attached hydrogen (secondary N) is 1. The van der Waals surface area contributed by atoms with Crippen LogP contribution < -0.4 is 29.0 Å². The lowest BCUT2D eigenvalue weighted by Crippen LogP contribution is -2.24. The topological polar surface area (TPSA) is 121 Å². The fourth-order valence-electron chi connectivity index (χ4n) is 4.89. The molecule has 1 unspecified atom stereocenters. The summed E-state index contributed by atoms with van der Waals surface area (Å²) in [5.74, 6) is 1.66. The van der Waals surface area contributed by atoms with Gasteiger partial charge in [-0.25, -0.2) is 9.99 Å². The second kappa shape index (κ2) is 12.6. The maximum absolute atomic E-state index is 12.8. The van der Waals surface area contributed by atoms with Crippen LogP contribution in [0.4, 0.5) is 5.13 Å². The largest absolute Gasteiger partial charge is 0.493 e. The van der Waals surface area contributed by atoms with Gasteiger partial charge in [0.05, 0.1) is 50.4 Å². The van der Waals surface area contributed by atoms with Crippen LogP contribution in [0.25, 0.3) is 10.2 Å². The number of fused-ring (bicyclic) bond motifs is 1. The van der Waals surface area contributed by atoms with E-state index < -0.39 is 6.04 Å². The van der Waals surface area contributed by atoms with Gasteiger partial charge in [0.1, 0.15) is 0 Å². The van der Waals surface area contributed by atoms with Crippen LogP contribution in [0.1, 0.15) is 36.1 Å². The molecule has 4 aromatic rings. The summed E-state index contributed by atoms with van der Waals surface area (Å²) in [6.07, 6.45) is 0.418. The number of aryl methyl sites for hydroxylation is 1. The smallest absolute Gasteiger partial charge is 0.264 e. The van der Waals surface area contributed by atoms with Gasteiger partial charge >= 0.3 is 0 Å². The van der Waals surface area contributed by atoms with Gasteiger partial charge < -0.3 is 23.7 Å². The number of benzene rings is 3. The van der Waals surface area contributed by atoms with Gasteiger partial charge in [0.15, 0.2) is 34.7 Å². The van der Waals surface area contributed by atoms with Crippen LogP contribution >= 0.6 is 11.3 Å². The minimum atomic E-state index is -0.417. The molecule has 12 heteroatoms. The molecule has 0 spiro atoms. The van der Waals surface area contributed by atoms with Crippen LogP contribution in [0.15, 0.2) is 53.6 Å². The van der Waals surface area contributed by atoms with Crippen LogP contribution in [-0.4, -0.2) is 62.6 Å². The highest BCUT2D eigenvalue weighted by atomic mass is 32.1. The highest BCUT2D eigenvalue weighted by Gasteiger charge is 2.33. The average Bonchev–Trinajstić information content (AvgIpc) is 3.63. The number of nitrogens with zero attached hydrogens (tertiary/aromatic N) is 3. The summed E-state index contributed by atoms with van der Waals surface area (Å²) >= 11 is 1.39. The third kappa shape index (κ3) is 6.19. The van der Waals surface area contributed by atoms with E-state index in [-0.39, 0.29) is 18.4 Å². The number of carbonyl (C=O) groups excluding carboxylic acids is 2. The molecule has 2 amide bonds. The van der Waals surface area contributed by atoms with Crippen LogP contribution in [0.5, 0.6) is 28.7 Å². The number of rotatable bonds is 10. The minimum absolute atomic E-state index is 0.226. The molecule has 3 aromatic carbocycles. The Bertz CT molecular complexity index is 1690. The highest BCUT2D eigenvalue weighted by Crippen LogP contribution is 2.42. The molecule has 0 saturated heterocycles. The van der Waals surface area contributed by atoms with E-state index >= 15 is 0 Å². The molecule has 2 heterocycles. The summed E-state index contributed by atoms with van der Waals surface area (Å²) < 4.78 is 28.8. The number of carbonyl (C=O) groups is 2. The summed E-state index contributed by atoms with van der Waals surface area (Å²) in [6.45, 7) is 3.19. The van der Waals surface area contributed by atoms with Crippen LogP contribution in [0.2, 0.25) is 0 Å². The zero-order valence-corrected chi connectivity index (χ0v) is 25.5. The van der Waals surface area contributed by atoms with Gasteiger partial charge in [-0.15, -0.1) is 0 Å². The number of hydrogen-bond acceptors (Lipinski definition) is 10. The lowest BCUT2D eigenvalue weighted by Gasteiger charge is -2.21. The zero-order valence-electron chi connectivity index (χ0n) is 24.7. The normalized spacial score (nSPS) is 14.3. The SMILES string of the molecule is COc1ccc(C2CC(c3cc(OC)c(OC)c(OC)c3)=NN2C(C)=O)cc1OCC(=O)Nc1nc2cc(C)ccc2s1. The number of aromatic nitrogens is 1. The van der Waals surface area contributed by atoms with Gasteiger partial charge in [-0.3, -0.25) is 14.9 Å². The van der Waals surface area contributed by atoms with Crippen molar-refractivity contribution in [3.8, 4) is 28.7 Å². The van der Waals surface area contributed by atoms with Crippen molar-refractivity contribution in [1.82, 2.24) is 9.99 Å². The fourth-order valence-corrected chi connectivity index (χ4v) is 5.75. The standard InChI is InChI=1S/C31H32N4O7S/c1-17-7-10-28-22(11-17)32-31(43-28)33-29(37)16-42-25-12-19(8-9-24(25)38-3)23-15-21(34-35(23)18(2)36)20-13-26(39-4)30(41-6)27(14-20)40-5/h7-14,23H,15-16H2,1-6H3,(H,32,33,37). The Hall–Kier alpha value is -4.84. The number of thiazole rings is 1. The van der Waals surface area contributed by atoms with E-state index in [0.29, 0.717) is 46.0 Å². The van der Waals surface area contributed by atoms with Crippen LogP contribution in [0.3, 0.4) is 0 Å². The van der Waals surface area contributed by atoms with Crippen LogP contribution in [0, 0.1) is 6.92 Å². The van der Waals surface area contributed by atoms with Crippen molar-refractivity contribution >= 4 is 44.2 Å². The molecule has 0 fully saturated rings. The highest BCUT2D eigenvalue weighted by molar-refractivity contribution is 7.22. The second-order valence-corrected chi connectivity index (χ2v) is 10.8. The molecular formula is C31H32N4O7S. The van der Waals surface area contributed by atoms with Gasteiger partial charge in [-0.2, -0.15) is 5.10 Å². The van der Waals surface area contributed by atoms with E-state index in [1.54, 1.807) is 38.5 Å². The third-order valence-corrected chi connectivity index (χ3v) is 7.90. The Morgan fingerprint density at radius 1 is 0.930 bits per heavy atom. The summed E-state index contributed by atoms with van der Waals surface area (Å²) in [7, 11) is 6.14. The number of ether oxygens (including phenoxy) is 5. The van der Waals surface area contributed by atoms with E-state index in [2.05, 4.69) is 15.4 Å². The lowest BCUT2D eigenvalue weighted by atomic mass is 9.97. The Labute approximate surface area is 253 Å². The predicted molar refractivity (Wildman–Crippen MR) is 164 cm³/mol.